The Balaban J connectivity index is 1.87. The van der Waals surface area contributed by atoms with E-state index >= 15 is 0 Å². The minimum Gasteiger partial charge on any atom is -0.493 e. The zero-order valence-electron chi connectivity index (χ0n) is 12.5. The third-order valence-electron chi connectivity index (χ3n) is 3.24. The van der Waals surface area contributed by atoms with Gasteiger partial charge >= 0.3 is 0 Å². The average molecular weight is 320 g/mol. The van der Waals surface area contributed by atoms with E-state index in [0.717, 1.165) is 11.1 Å². The summed E-state index contributed by atoms with van der Waals surface area (Å²) in [6.07, 6.45) is 0. The molecule has 1 N–H and O–H groups in total. The van der Waals surface area contributed by atoms with E-state index in [4.69, 9.17) is 9.84 Å². The molecule has 118 valence electrons. The fourth-order valence-corrected chi connectivity index (χ4v) is 3.24. The molecule has 0 saturated heterocycles. The van der Waals surface area contributed by atoms with E-state index in [1.807, 2.05) is 31.2 Å². The quantitative estimate of drug-likeness (QED) is 0.851. The third kappa shape index (κ3) is 5.16. The topological polar surface area (TPSA) is 63.6 Å². The van der Waals surface area contributed by atoms with Crippen LogP contribution in [0.5, 0.6) is 5.75 Å². The van der Waals surface area contributed by atoms with E-state index in [1.54, 1.807) is 24.3 Å². The summed E-state index contributed by atoms with van der Waals surface area (Å²) >= 11 is 0. The van der Waals surface area contributed by atoms with Crippen molar-refractivity contribution in [1.82, 2.24) is 0 Å². The summed E-state index contributed by atoms with van der Waals surface area (Å²) in [5.41, 5.74) is 2.56. The van der Waals surface area contributed by atoms with E-state index in [-0.39, 0.29) is 24.7 Å². The van der Waals surface area contributed by atoms with Crippen LogP contribution in [0, 0.1) is 6.92 Å². The first-order valence-corrected chi connectivity index (χ1v) is 8.89. The van der Waals surface area contributed by atoms with Gasteiger partial charge in [-0.1, -0.05) is 36.4 Å². The van der Waals surface area contributed by atoms with Crippen LogP contribution in [0.15, 0.2) is 48.5 Å². The van der Waals surface area contributed by atoms with Crippen LogP contribution < -0.4 is 4.74 Å². The van der Waals surface area contributed by atoms with E-state index in [2.05, 4.69) is 0 Å². The molecule has 0 unspecified atom stereocenters. The number of ether oxygens (including phenoxy) is 1. The summed E-state index contributed by atoms with van der Waals surface area (Å²) in [5, 5.41) is 8.97. The summed E-state index contributed by atoms with van der Waals surface area (Å²) in [5.74, 6) is 0.640. The molecule has 0 atom stereocenters. The molecule has 0 aliphatic heterocycles. The third-order valence-corrected chi connectivity index (χ3v) is 4.81. The van der Waals surface area contributed by atoms with E-state index in [0.29, 0.717) is 11.3 Å². The Morgan fingerprint density at radius 3 is 2.36 bits per heavy atom. The maximum Gasteiger partial charge on any atom is 0.157 e. The molecule has 0 aliphatic rings. The highest BCUT2D eigenvalue weighted by Gasteiger charge is 2.12. The SMILES string of the molecule is Cc1cccc(OCCS(=O)(=O)Cc2ccc(CO)cc2)c1. The molecule has 0 aliphatic carbocycles. The molecular weight excluding hydrogens is 300 g/mol. The molecule has 0 radical (unpaired) electrons. The Morgan fingerprint density at radius 2 is 1.73 bits per heavy atom. The van der Waals surface area contributed by atoms with Gasteiger partial charge in [0, 0.05) is 0 Å². The lowest BCUT2D eigenvalue weighted by atomic mass is 10.2. The van der Waals surface area contributed by atoms with Gasteiger partial charge in [-0.3, -0.25) is 0 Å². The first-order chi connectivity index (χ1) is 10.5. The Labute approximate surface area is 131 Å². The summed E-state index contributed by atoms with van der Waals surface area (Å²) in [4.78, 5) is 0. The molecule has 0 aromatic heterocycles. The zero-order chi connectivity index (χ0) is 16.0. The molecule has 2 rings (SSSR count). The Hall–Kier alpha value is -1.85. The van der Waals surface area contributed by atoms with Crippen molar-refractivity contribution < 1.29 is 18.3 Å². The highest BCUT2D eigenvalue weighted by atomic mass is 32.2. The number of rotatable bonds is 7. The summed E-state index contributed by atoms with van der Waals surface area (Å²) < 4.78 is 29.6. The molecule has 0 fully saturated rings. The predicted octanol–water partition coefficient (Wildman–Crippen LogP) is 2.48. The number of aliphatic hydroxyl groups is 1. The summed E-state index contributed by atoms with van der Waals surface area (Å²) in [7, 11) is -3.22. The number of hydrogen-bond acceptors (Lipinski definition) is 4. The fraction of sp³-hybridized carbons (Fsp3) is 0.294. The van der Waals surface area contributed by atoms with Crippen LogP contribution in [-0.4, -0.2) is 25.9 Å². The molecule has 4 nitrogen and oxygen atoms in total. The van der Waals surface area contributed by atoms with Gasteiger partial charge in [0.15, 0.2) is 9.84 Å². The lowest BCUT2D eigenvalue weighted by Crippen LogP contribution is -2.16. The van der Waals surface area contributed by atoms with E-state index in [9.17, 15) is 8.42 Å². The molecule has 0 saturated carbocycles. The van der Waals surface area contributed by atoms with Crippen molar-refractivity contribution in [2.45, 2.75) is 19.3 Å². The first-order valence-electron chi connectivity index (χ1n) is 7.07. The van der Waals surface area contributed by atoms with Crippen molar-refractivity contribution in [2.75, 3.05) is 12.4 Å². The van der Waals surface area contributed by atoms with Crippen LogP contribution in [0.25, 0.3) is 0 Å². The molecular formula is C17H20O4S. The molecule has 0 heterocycles. The highest BCUT2D eigenvalue weighted by Crippen LogP contribution is 2.13. The molecule has 0 spiro atoms. The highest BCUT2D eigenvalue weighted by molar-refractivity contribution is 7.90. The standard InChI is InChI=1S/C17H20O4S/c1-14-3-2-4-17(11-14)21-9-10-22(19,20)13-16-7-5-15(12-18)6-8-16/h2-8,11,18H,9-10,12-13H2,1H3. The number of aliphatic hydroxyl groups excluding tert-OH is 1. The molecule has 22 heavy (non-hydrogen) atoms. The fourth-order valence-electron chi connectivity index (χ4n) is 2.06. The first kappa shape index (κ1) is 16.5. The zero-order valence-corrected chi connectivity index (χ0v) is 13.3. The largest absolute Gasteiger partial charge is 0.493 e. The predicted molar refractivity (Wildman–Crippen MR) is 86.5 cm³/mol. The number of benzene rings is 2. The van der Waals surface area contributed by atoms with Crippen molar-refractivity contribution in [3.63, 3.8) is 0 Å². The van der Waals surface area contributed by atoms with Gasteiger partial charge in [0.1, 0.15) is 12.4 Å². The Bertz CT molecular complexity index is 706. The smallest absolute Gasteiger partial charge is 0.157 e. The van der Waals surface area contributed by atoms with Crippen LogP contribution in [0.3, 0.4) is 0 Å². The van der Waals surface area contributed by atoms with Gasteiger partial charge in [-0.25, -0.2) is 8.42 Å². The van der Waals surface area contributed by atoms with Crippen LogP contribution in [-0.2, 0) is 22.2 Å². The van der Waals surface area contributed by atoms with Crippen LogP contribution >= 0.6 is 0 Å². The van der Waals surface area contributed by atoms with Crippen molar-refractivity contribution in [1.29, 1.82) is 0 Å². The Kier molecular flexibility index (Phi) is 5.57. The minimum atomic E-state index is -3.22. The number of hydrogen-bond donors (Lipinski definition) is 1. The second-order valence-corrected chi connectivity index (χ2v) is 7.42. The molecule has 5 heteroatoms. The number of aryl methyl sites for hydroxylation is 1. The van der Waals surface area contributed by atoms with Gasteiger partial charge in [-0.2, -0.15) is 0 Å². The van der Waals surface area contributed by atoms with Crippen LogP contribution in [0.2, 0.25) is 0 Å². The van der Waals surface area contributed by atoms with Gasteiger partial charge in [0.2, 0.25) is 0 Å². The Morgan fingerprint density at radius 1 is 1.05 bits per heavy atom. The molecule has 0 amide bonds. The van der Waals surface area contributed by atoms with Gasteiger partial charge in [-0.15, -0.1) is 0 Å². The van der Waals surface area contributed by atoms with E-state index < -0.39 is 9.84 Å². The lowest BCUT2D eigenvalue weighted by molar-refractivity contribution is 0.282. The average Bonchev–Trinajstić information content (AvgIpc) is 2.47. The van der Waals surface area contributed by atoms with Crippen molar-refractivity contribution in [2.24, 2.45) is 0 Å². The normalized spacial score (nSPS) is 11.4. The minimum absolute atomic E-state index is 0.0180. The maximum absolute atomic E-state index is 12.1. The van der Waals surface area contributed by atoms with Crippen molar-refractivity contribution in [3.8, 4) is 5.75 Å². The van der Waals surface area contributed by atoms with Gasteiger partial charge in [-0.05, 0) is 35.7 Å². The lowest BCUT2D eigenvalue weighted by Gasteiger charge is -2.08. The van der Waals surface area contributed by atoms with Crippen molar-refractivity contribution >= 4 is 9.84 Å². The van der Waals surface area contributed by atoms with Gasteiger partial charge < -0.3 is 9.84 Å². The second-order valence-electron chi connectivity index (χ2n) is 5.23. The second kappa shape index (κ2) is 7.42. The van der Waals surface area contributed by atoms with E-state index in [1.165, 1.54) is 0 Å². The summed E-state index contributed by atoms with van der Waals surface area (Å²) in [6.45, 7) is 2.05. The molecule has 2 aromatic rings. The van der Waals surface area contributed by atoms with Crippen molar-refractivity contribution in [3.05, 3.63) is 65.2 Å². The van der Waals surface area contributed by atoms with Crippen LogP contribution in [0.4, 0.5) is 0 Å². The number of sulfone groups is 1. The molecule has 0 bridgehead atoms. The maximum atomic E-state index is 12.1. The molecule has 2 aromatic carbocycles. The van der Waals surface area contributed by atoms with Gasteiger partial charge in [0.25, 0.3) is 0 Å². The van der Waals surface area contributed by atoms with Gasteiger partial charge in [0.05, 0.1) is 18.1 Å². The summed E-state index contributed by atoms with van der Waals surface area (Å²) in [6, 6.07) is 14.4. The monoisotopic (exact) mass is 320 g/mol. The van der Waals surface area contributed by atoms with Crippen LogP contribution in [0.1, 0.15) is 16.7 Å².